The van der Waals surface area contributed by atoms with Crippen LogP contribution in [0.2, 0.25) is 5.02 Å². The summed E-state index contributed by atoms with van der Waals surface area (Å²) in [6.07, 6.45) is -6.08. The van der Waals surface area contributed by atoms with Gasteiger partial charge in [0.25, 0.3) is 5.91 Å². The zero-order valence-corrected chi connectivity index (χ0v) is 20.4. The van der Waals surface area contributed by atoms with Gasteiger partial charge in [-0.1, -0.05) is 11.6 Å². The van der Waals surface area contributed by atoms with Gasteiger partial charge in [-0.15, -0.1) is 5.10 Å². The molecular formula is C21H21ClF4N6O5. The molecule has 16 heteroatoms. The van der Waals surface area contributed by atoms with Gasteiger partial charge in [0.2, 0.25) is 5.88 Å². The minimum Gasteiger partial charge on any atom is -0.492 e. The number of nitrogens with one attached hydrogen (secondary N) is 1. The second-order valence-corrected chi connectivity index (χ2v) is 7.70. The number of anilines is 1. The lowest BCUT2D eigenvalue weighted by molar-refractivity contribution is -0.190. The van der Waals surface area contributed by atoms with Gasteiger partial charge in [-0.3, -0.25) is 9.36 Å². The van der Waals surface area contributed by atoms with E-state index in [1.807, 2.05) is 0 Å². The number of ether oxygens (including phenoxy) is 2. The lowest BCUT2D eigenvalue weighted by Crippen LogP contribution is -2.33. The Balaban J connectivity index is 2.12. The molecule has 0 saturated carbocycles. The van der Waals surface area contributed by atoms with Crippen LogP contribution in [0.5, 0.6) is 11.6 Å². The molecule has 3 rings (SSSR count). The summed E-state index contributed by atoms with van der Waals surface area (Å²) in [5.74, 6) is -4.43. The number of aromatic nitrogens is 5. The molecule has 0 unspecified atom stereocenters. The van der Waals surface area contributed by atoms with E-state index in [0.717, 1.165) is 4.57 Å². The summed E-state index contributed by atoms with van der Waals surface area (Å²) in [6.45, 7) is 3.52. The highest BCUT2D eigenvalue weighted by Crippen LogP contribution is 2.32. The Labute approximate surface area is 211 Å². The number of hydrogen-bond donors (Lipinski definition) is 2. The molecule has 0 aromatic carbocycles. The maximum absolute atomic E-state index is 15.1. The number of pyridine rings is 2. The standard InChI is InChI=1S/C21H21ClF4N6O5/c1-4-31-14(9-33)30-32(20(31)35)17-12(23)8-11(19(29-17)37-10(3)21(24,25)26)18(34)28-16-15(22)13(36-5-2)6-7-27-16/h6-8,10,33H,4-5,9H2,1-3H3,(H,27,28,34)/t10-/m0/s1. The van der Waals surface area contributed by atoms with Crippen LogP contribution < -0.4 is 20.5 Å². The Morgan fingerprint density at radius 3 is 2.59 bits per heavy atom. The SMILES string of the molecule is CCOc1ccnc(NC(=O)c2cc(F)c(-n3nc(CO)n(CC)c3=O)nc2O[C@@H](C)C(F)(F)F)c1Cl. The number of alkyl halides is 3. The number of rotatable bonds is 9. The molecule has 3 aromatic heterocycles. The molecular weight excluding hydrogens is 528 g/mol. The summed E-state index contributed by atoms with van der Waals surface area (Å²) in [7, 11) is 0. The third-order valence-corrected chi connectivity index (χ3v) is 5.26. The number of amides is 1. The van der Waals surface area contributed by atoms with Crippen molar-refractivity contribution in [2.45, 2.75) is 46.2 Å². The van der Waals surface area contributed by atoms with Gasteiger partial charge in [-0.25, -0.2) is 14.2 Å². The molecule has 0 fully saturated rings. The van der Waals surface area contributed by atoms with Crippen molar-refractivity contribution in [3.63, 3.8) is 0 Å². The van der Waals surface area contributed by atoms with Crippen molar-refractivity contribution in [1.82, 2.24) is 24.3 Å². The van der Waals surface area contributed by atoms with E-state index in [1.54, 1.807) is 13.8 Å². The molecule has 3 aromatic rings. The summed E-state index contributed by atoms with van der Waals surface area (Å²) >= 11 is 6.16. The van der Waals surface area contributed by atoms with E-state index in [-0.39, 0.29) is 35.6 Å². The van der Waals surface area contributed by atoms with Gasteiger partial charge in [0.15, 0.2) is 29.4 Å². The first-order valence-electron chi connectivity index (χ1n) is 10.7. The number of aliphatic hydroxyl groups excluding tert-OH is 1. The number of halogens is 5. The van der Waals surface area contributed by atoms with Gasteiger partial charge in [0.05, 0.1) is 6.61 Å². The van der Waals surface area contributed by atoms with Crippen LogP contribution in [0.25, 0.3) is 5.82 Å². The minimum absolute atomic E-state index is 0.0554. The van der Waals surface area contributed by atoms with E-state index < -0.39 is 53.6 Å². The highest BCUT2D eigenvalue weighted by Gasteiger charge is 2.39. The molecule has 11 nitrogen and oxygen atoms in total. The number of carbonyl (C=O) groups excluding carboxylic acids is 1. The molecule has 0 aliphatic heterocycles. The fourth-order valence-electron chi connectivity index (χ4n) is 3.06. The van der Waals surface area contributed by atoms with Crippen molar-refractivity contribution in [1.29, 1.82) is 0 Å². The van der Waals surface area contributed by atoms with Gasteiger partial charge < -0.3 is 19.9 Å². The molecule has 0 spiro atoms. The van der Waals surface area contributed by atoms with Crippen LogP contribution in [0.3, 0.4) is 0 Å². The van der Waals surface area contributed by atoms with Gasteiger partial charge in [-0.2, -0.15) is 22.8 Å². The van der Waals surface area contributed by atoms with Gasteiger partial charge in [0, 0.05) is 18.8 Å². The fourth-order valence-corrected chi connectivity index (χ4v) is 3.28. The Kier molecular flexibility index (Phi) is 8.38. The van der Waals surface area contributed by atoms with Crippen molar-refractivity contribution >= 4 is 23.3 Å². The van der Waals surface area contributed by atoms with Crippen LogP contribution in [0.1, 0.15) is 37.0 Å². The van der Waals surface area contributed by atoms with Crippen LogP contribution in [-0.4, -0.2) is 54.2 Å². The number of hydrogen-bond acceptors (Lipinski definition) is 8. The highest BCUT2D eigenvalue weighted by atomic mass is 35.5. The third-order valence-electron chi connectivity index (χ3n) is 4.90. The van der Waals surface area contributed by atoms with Gasteiger partial charge >= 0.3 is 11.9 Å². The van der Waals surface area contributed by atoms with E-state index in [1.165, 1.54) is 12.3 Å². The number of nitrogens with zero attached hydrogens (tertiary/aromatic N) is 5. The molecule has 2 N–H and O–H groups in total. The summed E-state index contributed by atoms with van der Waals surface area (Å²) in [5.41, 5.74) is -1.67. The van der Waals surface area contributed by atoms with E-state index in [0.29, 0.717) is 17.7 Å². The van der Waals surface area contributed by atoms with Crippen LogP contribution in [-0.2, 0) is 13.2 Å². The van der Waals surface area contributed by atoms with Gasteiger partial charge in [-0.05, 0) is 26.8 Å². The molecule has 200 valence electrons. The second-order valence-electron chi connectivity index (χ2n) is 7.32. The first-order chi connectivity index (χ1) is 17.4. The molecule has 37 heavy (non-hydrogen) atoms. The summed E-state index contributed by atoms with van der Waals surface area (Å²) in [6, 6.07) is 1.96. The van der Waals surface area contributed by atoms with E-state index in [9.17, 15) is 27.9 Å². The van der Waals surface area contributed by atoms with Crippen molar-refractivity contribution in [3.05, 3.63) is 51.0 Å². The topological polar surface area (TPSA) is 133 Å². The first-order valence-corrected chi connectivity index (χ1v) is 11.1. The molecule has 0 radical (unpaired) electrons. The molecule has 1 amide bonds. The average Bonchev–Trinajstić information content (AvgIpc) is 3.16. The third kappa shape index (κ3) is 5.83. The van der Waals surface area contributed by atoms with Crippen LogP contribution in [0.15, 0.2) is 23.1 Å². The zero-order valence-electron chi connectivity index (χ0n) is 19.6. The monoisotopic (exact) mass is 548 g/mol. The smallest absolute Gasteiger partial charge is 0.425 e. The molecule has 1 atom stereocenters. The predicted molar refractivity (Wildman–Crippen MR) is 122 cm³/mol. The summed E-state index contributed by atoms with van der Waals surface area (Å²) in [4.78, 5) is 33.2. The second kappa shape index (κ2) is 11.1. The summed E-state index contributed by atoms with van der Waals surface area (Å²) in [5, 5.41) is 15.3. The molecule has 0 bridgehead atoms. The van der Waals surface area contributed by atoms with Crippen LogP contribution >= 0.6 is 11.6 Å². The number of carbonyl (C=O) groups is 1. The van der Waals surface area contributed by atoms with E-state index >= 15 is 4.39 Å². The Hall–Kier alpha value is -3.72. The van der Waals surface area contributed by atoms with Gasteiger partial charge in [0.1, 0.15) is 22.9 Å². The van der Waals surface area contributed by atoms with Crippen molar-refractivity contribution in [2.24, 2.45) is 0 Å². The maximum Gasteiger partial charge on any atom is 0.425 e. The van der Waals surface area contributed by atoms with Crippen molar-refractivity contribution in [3.8, 4) is 17.4 Å². The Bertz CT molecular complexity index is 1360. The van der Waals surface area contributed by atoms with Crippen LogP contribution in [0, 0.1) is 5.82 Å². The first kappa shape index (κ1) is 27.9. The van der Waals surface area contributed by atoms with Crippen molar-refractivity contribution < 1.29 is 36.9 Å². The Morgan fingerprint density at radius 2 is 2.03 bits per heavy atom. The Morgan fingerprint density at radius 1 is 1.32 bits per heavy atom. The molecule has 3 heterocycles. The highest BCUT2D eigenvalue weighted by molar-refractivity contribution is 6.35. The quantitative estimate of drug-likeness (QED) is 0.390. The predicted octanol–water partition coefficient (Wildman–Crippen LogP) is 3.11. The zero-order chi connectivity index (χ0) is 27.5. The maximum atomic E-state index is 15.1. The largest absolute Gasteiger partial charge is 0.492 e. The fraction of sp³-hybridized carbons (Fsp3) is 0.381. The van der Waals surface area contributed by atoms with Crippen molar-refractivity contribution in [2.75, 3.05) is 11.9 Å². The lowest BCUT2D eigenvalue weighted by atomic mass is 10.2. The van der Waals surface area contributed by atoms with E-state index in [2.05, 4.69) is 20.4 Å². The average molecular weight is 549 g/mol. The van der Waals surface area contributed by atoms with Crippen LogP contribution in [0.4, 0.5) is 23.4 Å². The molecule has 0 saturated heterocycles. The molecule has 0 aliphatic rings. The number of aliphatic hydroxyl groups is 1. The van der Waals surface area contributed by atoms with E-state index in [4.69, 9.17) is 21.1 Å². The summed E-state index contributed by atoms with van der Waals surface area (Å²) < 4.78 is 66.4. The normalized spacial score (nSPS) is 12.4. The lowest BCUT2D eigenvalue weighted by Gasteiger charge is -2.19. The minimum atomic E-state index is -4.87. The molecule has 0 aliphatic carbocycles.